The van der Waals surface area contributed by atoms with Crippen LogP contribution in [0, 0.1) is 23.0 Å². The lowest BCUT2D eigenvalue weighted by atomic mass is 9.55. The van der Waals surface area contributed by atoms with Gasteiger partial charge in [-0.05, 0) is 98.8 Å². The maximum atomic E-state index is 16.1. The molecule has 0 aromatic heterocycles. The van der Waals surface area contributed by atoms with Crippen LogP contribution in [0.15, 0.2) is 103 Å². The highest BCUT2D eigenvalue weighted by Gasteiger charge is 2.79. The molecule has 7 atom stereocenters. The fourth-order valence-electron chi connectivity index (χ4n) is 12.6. The summed E-state index contributed by atoms with van der Waals surface area (Å²) in [6.07, 6.45) is 5.46. The van der Waals surface area contributed by atoms with Crippen molar-refractivity contribution in [1.29, 1.82) is 0 Å². The second-order valence-electron chi connectivity index (χ2n) is 16.9. The van der Waals surface area contributed by atoms with E-state index in [1.807, 2.05) is 48.5 Å². The van der Waals surface area contributed by atoms with Crippen LogP contribution < -0.4 is 10.6 Å². The van der Waals surface area contributed by atoms with Gasteiger partial charge in [0.25, 0.3) is 5.91 Å². The molecule has 0 aliphatic carbocycles. The van der Waals surface area contributed by atoms with Gasteiger partial charge in [-0.3, -0.25) is 29.0 Å². The number of benzene rings is 4. The number of ketones is 1. The van der Waals surface area contributed by atoms with E-state index in [0.717, 1.165) is 24.8 Å². The highest BCUT2D eigenvalue weighted by Crippen LogP contribution is 2.69. The summed E-state index contributed by atoms with van der Waals surface area (Å²) >= 11 is 0. The van der Waals surface area contributed by atoms with Crippen molar-refractivity contribution in [3.8, 4) is 0 Å². The van der Waals surface area contributed by atoms with Crippen LogP contribution in [-0.2, 0) is 30.3 Å². The van der Waals surface area contributed by atoms with Crippen molar-refractivity contribution in [3.63, 3.8) is 0 Å². The van der Waals surface area contributed by atoms with E-state index in [2.05, 4.69) is 20.4 Å². The first-order chi connectivity index (χ1) is 27.7. The Balaban J connectivity index is 1.15. The molecule has 4 aromatic carbocycles. The highest BCUT2D eigenvalue weighted by atomic mass is 19.1. The van der Waals surface area contributed by atoms with Crippen molar-refractivity contribution in [1.82, 2.24) is 14.7 Å². The number of halogens is 2. The molecule has 0 saturated carbocycles. The zero-order chi connectivity index (χ0) is 38.8. The van der Waals surface area contributed by atoms with E-state index in [9.17, 15) is 13.6 Å². The monoisotopic (exact) mass is 765 g/mol. The van der Waals surface area contributed by atoms with Crippen LogP contribution in [0.4, 0.5) is 20.2 Å². The molecule has 1 unspecified atom stereocenters. The van der Waals surface area contributed by atoms with Gasteiger partial charge in [-0.25, -0.2) is 8.78 Å². The molecule has 5 saturated heterocycles. The largest absolute Gasteiger partial charge is 0.337 e. The lowest BCUT2D eigenvalue weighted by Crippen LogP contribution is -2.67. The van der Waals surface area contributed by atoms with Crippen molar-refractivity contribution >= 4 is 41.0 Å². The van der Waals surface area contributed by atoms with Gasteiger partial charge in [0.2, 0.25) is 11.8 Å². The van der Waals surface area contributed by atoms with Gasteiger partial charge in [0.15, 0.2) is 5.78 Å². The summed E-state index contributed by atoms with van der Waals surface area (Å²) in [5.74, 6) is -3.29. The maximum absolute atomic E-state index is 16.1. The number of nitrogens with one attached hydrogen (secondary N) is 2. The minimum Gasteiger partial charge on any atom is -0.337 e. The van der Waals surface area contributed by atoms with E-state index in [0.29, 0.717) is 59.6 Å². The van der Waals surface area contributed by atoms with Crippen LogP contribution in [0.2, 0.25) is 0 Å². The van der Waals surface area contributed by atoms with Crippen molar-refractivity contribution in [3.05, 3.63) is 137 Å². The zero-order valence-electron chi connectivity index (χ0n) is 31.2. The Morgan fingerprint density at radius 1 is 0.737 bits per heavy atom. The summed E-state index contributed by atoms with van der Waals surface area (Å²) in [7, 11) is 0. The predicted molar refractivity (Wildman–Crippen MR) is 209 cm³/mol. The first kappa shape index (κ1) is 34.7. The molecule has 2 N–H and O–H groups in total. The van der Waals surface area contributed by atoms with Crippen LogP contribution in [0.5, 0.6) is 0 Å². The number of amides is 3. The number of fused-ring (bicyclic) bond motifs is 9. The van der Waals surface area contributed by atoms with Crippen LogP contribution in [0.25, 0.3) is 6.08 Å². The zero-order valence-corrected chi connectivity index (χ0v) is 31.2. The van der Waals surface area contributed by atoms with Crippen molar-refractivity contribution < 1.29 is 28.0 Å². The maximum Gasteiger partial charge on any atom is 0.250 e. The van der Waals surface area contributed by atoms with Crippen molar-refractivity contribution in [2.24, 2.45) is 11.3 Å². The van der Waals surface area contributed by atoms with Crippen LogP contribution in [0.3, 0.4) is 0 Å². The molecule has 3 spiro atoms. The van der Waals surface area contributed by atoms with E-state index in [-0.39, 0.29) is 48.7 Å². The minimum absolute atomic E-state index is 0.0215. The molecule has 11 heteroatoms. The summed E-state index contributed by atoms with van der Waals surface area (Å²) < 4.78 is 28.9. The van der Waals surface area contributed by atoms with Gasteiger partial charge in [0.1, 0.15) is 22.7 Å². The van der Waals surface area contributed by atoms with Gasteiger partial charge in [-0.2, -0.15) is 0 Å². The molecular weight excluding hydrogens is 725 g/mol. The van der Waals surface area contributed by atoms with Gasteiger partial charge < -0.3 is 15.5 Å². The smallest absolute Gasteiger partial charge is 0.250 e. The average Bonchev–Trinajstić information content (AvgIpc) is 4.06. The van der Waals surface area contributed by atoms with Gasteiger partial charge in [-0.1, -0.05) is 60.7 Å². The van der Waals surface area contributed by atoms with Gasteiger partial charge >= 0.3 is 0 Å². The van der Waals surface area contributed by atoms with E-state index >= 15 is 14.4 Å². The Hall–Kier alpha value is -5.52. The number of nitrogens with zero attached hydrogens (tertiary/aromatic N) is 3. The quantitative estimate of drug-likeness (QED) is 0.242. The number of piperidine rings is 1. The molecule has 7 aliphatic heterocycles. The summed E-state index contributed by atoms with van der Waals surface area (Å²) in [5, 5.41) is 6.26. The first-order valence-corrected chi connectivity index (χ1v) is 20.1. The first-order valence-electron chi connectivity index (χ1n) is 20.1. The Morgan fingerprint density at radius 3 is 2.12 bits per heavy atom. The second kappa shape index (κ2) is 12.2. The molecule has 7 aliphatic rings. The third-order valence-electron chi connectivity index (χ3n) is 14.5. The van der Waals surface area contributed by atoms with Crippen molar-refractivity contribution in [2.45, 2.75) is 61.2 Å². The molecule has 7 heterocycles. The van der Waals surface area contributed by atoms with Gasteiger partial charge in [0, 0.05) is 59.2 Å². The molecule has 11 rings (SSSR count). The van der Waals surface area contributed by atoms with E-state index in [1.165, 1.54) is 24.3 Å². The summed E-state index contributed by atoms with van der Waals surface area (Å²) in [5.41, 5.74) is 0.0491. The Kier molecular flexibility index (Phi) is 7.45. The van der Waals surface area contributed by atoms with E-state index in [1.54, 1.807) is 35.2 Å². The molecule has 288 valence electrons. The van der Waals surface area contributed by atoms with Crippen LogP contribution in [-0.4, -0.2) is 76.5 Å². The normalized spacial score (nSPS) is 33.3. The standard InChI is InChI=1S/C46H41F2N5O4/c47-30-17-13-27(14-18-30)23-29-25-51(41(55)35-24-32-7-5-21-52(32)45(35)33-8-1-3-10-36(33)49-42(45)56)26-44(40(29)54)39(28-15-19-31(48)20-16-28)38-12-6-22-53(38)46(44)34-9-2-4-11-37(34)50-43(46)57/h1-4,8-11,13-20,23,32,35,38-39H,5-7,12,21-22,24-26H2,(H,49,56)(H,50,57)/b29-23+/t32-,35-,38-,39-,44-,45+,46?/m1/s1. The molecule has 3 amide bonds. The predicted octanol–water partition coefficient (Wildman–Crippen LogP) is 6.19. The van der Waals surface area contributed by atoms with Crippen LogP contribution >= 0.6 is 0 Å². The lowest BCUT2D eigenvalue weighted by molar-refractivity contribution is -0.155. The topological polar surface area (TPSA) is 102 Å². The number of rotatable bonds is 3. The second-order valence-corrected chi connectivity index (χ2v) is 16.9. The molecule has 9 nitrogen and oxygen atoms in total. The number of likely N-dealkylation sites (tertiary alicyclic amines) is 1. The average molecular weight is 766 g/mol. The van der Waals surface area contributed by atoms with Crippen LogP contribution in [0.1, 0.15) is 60.3 Å². The molecule has 0 bridgehead atoms. The molecule has 0 radical (unpaired) electrons. The summed E-state index contributed by atoms with van der Waals surface area (Å²) in [4.78, 5) is 67.8. The number of Topliss-reactive ketones (excluding diaryl/α,β-unsaturated/α-hetero) is 1. The highest BCUT2D eigenvalue weighted by molar-refractivity contribution is 6.17. The van der Waals surface area contributed by atoms with E-state index in [4.69, 9.17) is 0 Å². The minimum atomic E-state index is -1.58. The summed E-state index contributed by atoms with van der Waals surface area (Å²) in [6, 6.07) is 26.9. The Morgan fingerprint density at radius 2 is 1.37 bits per heavy atom. The SMILES string of the molecule is O=C([C@H]1C[C@H]2CCCN2[C@]12C(=O)Nc1ccccc12)N1C/C(=C\c2ccc(F)cc2)C(=O)[C@@]2(C1)[C@H](c1ccc(F)cc1)[C@H]1CCCN1C21C(=O)Nc2ccccc21. The lowest BCUT2D eigenvalue weighted by Gasteiger charge is -2.52. The number of para-hydroxylation sites is 2. The molecule has 5 fully saturated rings. The molecule has 57 heavy (non-hydrogen) atoms. The van der Waals surface area contributed by atoms with E-state index < -0.39 is 40.0 Å². The number of anilines is 2. The van der Waals surface area contributed by atoms with Gasteiger partial charge in [0.05, 0.1) is 11.3 Å². The molecule has 4 aromatic rings. The Labute approximate surface area is 328 Å². The fraction of sp³-hybridized carbons (Fsp3) is 0.348. The van der Waals surface area contributed by atoms with Gasteiger partial charge in [-0.15, -0.1) is 0 Å². The fourth-order valence-corrected chi connectivity index (χ4v) is 12.6. The number of hydrogen-bond acceptors (Lipinski definition) is 6. The Bertz CT molecular complexity index is 2440. The number of hydrogen-bond donors (Lipinski definition) is 2. The number of carbonyl (C=O) groups is 4. The van der Waals surface area contributed by atoms with Crippen molar-refractivity contribution in [2.75, 3.05) is 36.8 Å². The third-order valence-corrected chi connectivity index (χ3v) is 14.5. The molecular formula is C46H41F2N5O4. The summed E-state index contributed by atoms with van der Waals surface area (Å²) in [6.45, 7) is 1.07. The third kappa shape index (κ3) is 4.39. The number of carbonyl (C=O) groups excluding carboxylic acids is 4.